The maximum absolute atomic E-state index is 9.90. The highest BCUT2D eigenvalue weighted by Gasteiger charge is 2.44. The van der Waals surface area contributed by atoms with Crippen LogP contribution in [0, 0.1) is 11.8 Å². The lowest BCUT2D eigenvalue weighted by atomic mass is 9.99. The van der Waals surface area contributed by atoms with Crippen molar-refractivity contribution >= 4 is 31.1 Å². The molecular weight excluding hydrogens is 392 g/mol. The van der Waals surface area contributed by atoms with Crippen LogP contribution in [0.15, 0.2) is 24.3 Å². The average molecular weight is 423 g/mol. The highest BCUT2D eigenvalue weighted by atomic mass is 35.5. The molecule has 0 saturated carbocycles. The molecule has 2 aromatic heterocycles. The van der Waals surface area contributed by atoms with Crippen molar-refractivity contribution in [3.63, 3.8) is 0 Å². The highest BCUT2D eigenvalue weighted by molar-refractivity contribution is 6.74. The van der Waals surface area contributed by atoms with Crippen LogP contribution in [0.2, 0.25) is 23.3 Å². The van der Waals surface area contributed by atoms with Gasteiger partial charge in [-0.25, -0.2) is 15.0 Å². The number of aliphatic hydroxyl groups is 1. The van der Waals surface area contributed by atoms with Gasteiger partial charge in [0.05, 0.1) is 19.0 Å². The molecular formula is C20H31ClN4O2Si. The van der Waals surface area contributed by atoms with E-state index in [1.807, 2.05) is 4.57 Å². The molecule has 1 N–H and O–H groups in total. The highest BCUT2D eigenvalue weighted by Crippen LogP contribution is 2.45. The third kappa shape index (κ3) is 3.77. The van der Waals surface area contributed by atoms with Crippen molar-refractivity contribution in [1.29, 1.82) is 0 Å². The summed E-state index contributed by atoms with van der Waals surface area (Å²) in [7, 11) is -1.91. The zero-order valence-electron chi connectivity index (χ0n) is 17.6. The monoisotopic (exact) mass is 422 g/mol. The second-order valence-electron chi connectivity index (χ2n) is 9.09. The molecule has 8 heteroatoms. The number of aliphatic hydroxyl groups excluding tert-OH is 1. The number of fused-ring (bicyclic) bond motifs is 1. The molecule has 154 valence electrons. The van der Waals surface area contributed by atoms with Gasteiger partial charge in [0.2, 0.25) is 0 Å². The summed E-state index contributed by atoms with van der Waals surface area (Å²) in [5, 5.41) is 10.4. The Morgan fingerprint density at radius 1 is 1.32 bits per heavy atom. The fourth-order valence-corrected chi connectivity index (χ4v) is 6.26. The van der Waals surface area contributed by atoms with Crippen LogP contribution in [0.4, 0.5) is 0 Å². The summed E-state index contributed by atoms with van der Waals surface area (Å²) >= 11 is 6.13. The average Bonchev–Trinajstić information content (AvgIpc) is 3.24. The van der Waals surface area contributed by atoms with Crippen molar-refractivity contribution in [3.05, 3.63) is 29.5 Å². The zero-order chi connectivity index (χ0) is 20.7. The molecule has 0 spiro atoms. The lowest BCUT2D eigenvalue weighted by Crippen LogP contribution is -2.46. The second kappa shape index (κ2) is 7.86. The molecule has 0 aromatic carbocycles. The zero-order valence-corrected chi connectivity index (χ0v) is 19.4. The van der Waals surface area contributed by atoms with Gasteiger partial charge in [-0.15, -0.1) is 0 Å². The van der Waals surface area contributed by atoms with Crippen molar-refractivity contribution in [2.45, 2.75) is 58.3 Å². The summed E-state index contributed by atoms with van der Waals surface area (Å²) in [6.45, 7) is 14.4. The van der Waals surface area contributed by atoms with Crippen molar-refractivity contribution in [1.82, 2.24) is 19.5 Å². The molecule has 1 aliphatic carbocycles. The molecule has 0 fully saturated rings. The number of halogens is 1. The molecule has 3 rings (SSSR count). The molecule has 28 heavy (non-hydrogen) atoms. The van der Waals surface area contributed by atoms with E-state index in [9.17, 15) is 5.11 Å². The normalized spacial score (nSPS) is 21.0. The quantitative estimate of drug-likeness (QED) is 0.400. The van der Waals surface area contributed by atoms with Gasteiger partial charge in [0.15, 0.2) is 19.1 Å². The molecule has 2 atom stereocenters. The Bertz CT molecular complexity index is 878. The Hall–Kier alpha value is -1.28. The minimum atomic E-state index is -1.91. The second-order valence-corrected chi connectivity index (χ2v) is 14.0. The van der Waals surface area contributed by atoms with E-state index in [2.05, 4.69) is 61.8 Å². The Balaban J connectivity index is 1.77. The fraction of sp³-hybridized carbons (Fsp3) is 0.650. The molecule has 1 aliphatic rings. The maximum atomic E-state index is 9.90. The predicted molar refractivity (Wildman–Crippen MR) is 115 cm³/mol. The van der Waals surface area contributed by atoms with Gasteiger partial charge in [0.1, 0.15) is 11.8 Å². The molecule has 0 amide bonds. The van der Waals surface area contributed by atoms with Gasteiger partial charge in [-0.3, -0.25) is 0 Å². The first-order valence-electron chi connectivity index (χ1n) is 9.87. The molecule has 0 bridgehead atoms. The van der Waals surface area contributed by atoms with Gasteiger partial charge in [-0.05, 0) is 36.0 Å². The third-order valence-electron chi connectivity index (χ3n) is 6.95. The summed E-state index contributed by atoms with van der Waals surface area (Å²) in [4.78, 5) is 12.7. The molecule has 2 aromatic rings. The molecule has 0 aliphatic heterocycles. The maximum Gasteiger partial charge on any atom is 0.192 e. The van der Waals surface area contributed by atoms with Crippen molar-refractivity contribution in [2.75, 3.05) is 13.2 Å². The lowest BCUT2D eigenvalue weighted by Gasteiger charge is -2.43. The first-order chi connectivity index (χ1) is 13.1. The lowest BCUT2D eigenvalue weighted by molar-refractivity contribution is 0.214. The van der Waals surface area contributed by atoms with Crippen molar-refractivity contribution in [2.24, 2.45) is 11.8 Å². The van der Waals surface area contributed by atoms with E-state index in [0.717, 1.165) is 17.6 Å². The predicted octanol–water partition coefficient (Wildman–Crippen LogP) is 4.62. The number of aromatic nitrogens is 4. The van der Waals surface area contributed by atoms with Crippen LogP contribution in [0.3, 0.4) is 0 Å². The van der Waals surface area contributed by atoms with Gasteiger partial charge < -0.3 is 14.1 Å². The Labute approximate surface area is 173 Å². The smallest absolute Gasteiger partial charge is 0.192 e. The minimum Gasteiger partial charge on any atom is -0.416 e. The van der Waals surface area contributed by atoms with Crippen molar-refractivity contribution in [3.8, 4) is 0 Å². The van der Waals surface area contributed by atoms with E-state index in [-0.39, 0.29) is 23.6 Å². The van der Waals surface area contributed by atoms with Crippen LogP contribution in [-0.4, -0.2) is 46.2 Å². The Morgan fingerprint density at radius 2 is 2.04 bits per heavy atom. The molecule has 0 unspecified atom stereocenters. The fourth-order valence-electron chi connectivity index (χ4n) is 3.70. The molecule has 6 nitrogen and oxygen atoms in total. The number of rotatable bonds is 7. The van der Waals surface area contributed by atoms with E-state index in [1.54, 1.807) is 6.33 Å². The topological polar surface area (TPSA) is 73.1 Å². The van der Waals surface area contributed by atoms with Gasteiger partial charge in [0.25, 0.3) is 0 Å². The summed E-state index contributed by atoms with van der Waals surface area (Å²) in [5.41, 5.74) is 2.35. The largest absolute Gasteiger partial charge is 0.416 e. The molecule has 2 heterocycles. The van der Waals surface area contributed by atoms with E-state index in [0.29, 0.717) is 23.2 Å². The van der Waals surface area contributed by atoms with Gasteiger partial charge in [-0.1, -0.05) is 45.4 Å². The third-order valence-corrected chi connectivity index (χ3v) is 11.8. The SMILES string of the molecule is CC(C)C(C)(C)[Si](C)(C)OC[C@H]1C[C@@H](n2cnc3c(Cl)ncnc32)C=C1CO. The van der Waals surface area contributed by atoms with Gasteiger partial charge in [-0.2, -0.15) is 0 Å². The number of allylic oxidation sites excluding steroid dienone is 1. The van der Waals surface area contributed by atoms with E-state index in [1.165, 1.54) is 6.33 Å². The van der Waals surface area contributed by atoms with Crippen LogP contribution >= 0.6 is 11.6 Å². The number of hydrogen-bond donors (Lipinski definition) is 1. The molecule has 0 radical (unpaired) electrons. The van der Waals surface area contributed by atoms with Crippen molar-refractivity contribution < 1.29 is 9.53 Å². The molecule has 0 saturated heterocycles. The standard InChI is InChI=1S/C20H31ClN4O2Si/c1-13(2)20(3,4)28(5,6)27-10-15-8-16(7-14(15)9-26)25-12-24-17-18(21)22-11-23-19(17)25/h7,11-13,15-16,26H,8-10H2,1-6H3/t15-,16+/m1/s1. The summed E-state index contributed by atoms with van der Waals surface area (Å²) in [5.74, 6) is 0.750. The van der Waals surface area contributed by atoms with Crippen LogP contribution < -0.4 is 0 Å². The van der Waals surface area contributed by atoms with Crippen LogP contribution in [0.5, 0.6) is 0 Å². The first-order valence-corrected chi connectivity index (χ1v) is 13.2. The van der Waals surface area contributed by atoms with Crippen LogP contribution in [0.1, 0.15) is 40.2 Å². The minimum absolute atomic E-state index is 0.0441. The Morgan fingerprint density at radius 3 is 2.68 bits per heavy atom. The van der Waals surface area contributed by atoms with E-state index >= 15 is 0 Å². The van der Waals surface area contributed by atoms with E-state index < -0.39 is 8.32 Å². The first kappa shape index (κ1) is 21.4. The Kier molecular flexibility index (Phi) is 6.01. The van der Waals surface area contributed by atoms with Gasteiger partial charge >= 0.3 is 0 Å². The number of hydrogen-bond acceptors (Lipinski definition) is 5. The number of imidazole rings is 1. The van der Waals surface area contributed by atoms with Crippen LogP contribution in [0.25, 0.3) is 11.2 Å². The number of nitrogens with zero attached hydrogens (tertiary/aromatic N) is 4. The van der Waals surface area contributed by atoms with E-state index in [4.69, 9.17) is 16.0 Å². The van der Waals surface area contributed by atoms with Crippen LogP contribution in [-0.2, 0) is 4.43 Å². The summed E-state index contributed by atoms with van der Waals surface area (Å²) < 4.78 is 8.57. The summed E-state index contributed by atoms with van der Waals surface area (Å²) in [6, 6.07) is 0.0783. The summed E-state index contributed by atoms with van der Waals surface area (Å²) in [6.07, 6.45) is 6.19. The van der Waals surface area contributed by atoms with Gasteiger partial charge in [0, 0.05) is 12.5 Å².